The van der Waals surface area contributed by atoms with Crippen LogP contribution >= 0.6 is 11.6 Å². The van der Waals surface area contributed by atoms with Crippen LogP contribution in [-0.4, -0.2) is 66.8 Å². The predicted molar refractivity (Wildman–Crippen MR) is 150 cm³/mol. The summed E-state index contributed by atoms with van der Waals surface area (Å²) >= 11 is 6.32. The monoisotopic (exact) mass is 583 g/mol. The molecular weight excluding hydrogens is 556 g/mol. The molecule has 0 fully saturated rings. The van der Waals surface area contributed by atoms with Crippen molar-refractivity contribution in [2.75, 3.05) is 19.0 Å². The summed E-state index contributed by atoms with van der Waals surface area (Å²) in [5.41, 5.74) is 1.13. The van der Waals surface area contributed by atoms with Gasteiger partial charge in [-0.15, -0.1) is 5.10 Å². The van der Waals surface area contributed by atoms with Crippen molar-refractivity contribution in [1.29, 1.82) is 0 Å². The Kier molecular flexibility index (Phi) is 7.62. The van der Waals surface area contributed by atoms with Crippen LogP contribution in [0.25, 0.3) is 22.2 Å². The SMILES string of the molecule is CCC(C(=O)Nc1ccc2nn(C)cc2c1)N1CC(C)(OC)C(c2cc(Cl)ccc2-n2cc(C(F)F)nn2)=CC1=O. The quantitative estimate of drug-likeness (QED) is 0.319. The van der Waals surface area contributed by atoms with Crippen LogP contribution in [0.15, 0.2) is 54.9 Å². The zero-order chi connectivity index (χ0) is 29.5. The molecule has 2 amide bonds. The third-order valence-electron chi connectivity index (χ3n) is 7.23. The Hall–Kier alpha value is -4.16. The predicted octanol–water partition coefficient (Wildman–Crippen LogP) is 4.79. The van der Waals surface area contributed by atoms with Gasteiger partial charge in [-0.25, -0.2) is 13.5 Å². The van der Waals surface area contributed by atoms with Crippen molar-refractivity contribution in [2.24, 2.45) is 7.05 Å². The minimum absolute atomic E-state index is 0.0489. The summed E-state index contributed by atoms with van der Waals surface area (Å²) in [7, 11) is 3.32. The van der Waals surface area contributed by atoms with Gasteiger partial charge in [0.25, 0.3) is 6.43 Å². The second kappa shape index (κ2) is 11.0. The second-order valence-corrected chi connectivity index (χ2v) is 10.4. The Balaban J connectivity index is 1.48. The van der Waals surface area contributed by atoms with Gasteiger partial charge in [-0.05, 0) is 49.7 Å². The molecule has 0 radical (unpaired) electrons. The van der Waals surface area contributed by atoms with Gasteiger partial charge in [0.05, 0.1) is 23.9 Å². The number of nitrogens with zero attached hydrogens (tertiary/aromatic N) is 6. The van der Waals surface area contributed by atoms with E-state index >= 15 is 0 Å². The highest BCUT2D eigenvalue weighted by Crippen LogP contribution is 2.39. The number of fused-ring (bicyclic) bond motifs is 1. The van der Waals surface area contributed by atoms with Gasteiger partial charge in [-0.1, -0.05) is 23.7 Å². The topological polar surface area (TPSA) is 107 Å². The third-order valence-corrected chi connectivity index (χ3v) is 7.46. The maximum absolute atomic E-state index is 13.6. The summed E-state index contributed by atoms with van der Waals surface area (Å²) in [5, 5.41) is 15.9. The van der Waals surface area contributed by atoms with Crippen molar-refractivity contribution < 1.29 is 23.1 Å². The molecule has 0 saturated carbocycles. The molecule has 0 spiro atoms. The molecule has 3 heterocycles. The highest BCUT2D eigenvalue weighted by Gasteiger charge is 2.43. The van der Waals surface area contributed by atoms with Crippen LogP contribution < -0.4 is 5.32 Å². The van der Waals surface area contributed by atoms with Gasteiger partial charge in [-0.3, -0.25) is 14.3 Å². The maximum Gasteiger partial charge on any atom is 0.283 e. The van der Waals surface area contributed by atoms with Crippen molar-refractivity contribution in [3.63, 3.8) is 0 Å². The molecule has 1 aliphatic heterocycles. The minimum atomic E-state index is -2.80. The van der Waals surface area contributed by atoms with Crippen molar-refractivity contribution in [3.05, 3.63) is 71.1 Å². The Morgan fingerprint density at radius 1 is 1.22 bits per heavy atom. The number of ether oxygens (including phenoxy) is 1. The molecule has 5 rings (SSSR count). The molecule has 0 saturated heterocycles. The number of carbonyl (C=O) groups excluding carboxylic acids is 2. The molecule has 2 atom stereocenters. The molecule has 4 aromatic rings. The van der Waals surface area contributed by atoms with Crippen LogP contribution in [0.2, 0.25) is 5.02 Å². The molecule has 2 aromatic heterocycles. The first-order valence-electron chi connectivity index (χ1n) is 12.9. The average molecular weight is 584 g/mol. The number of nitrogens with one attached hydrogen (secondary N) is 1. The van der Waals surface area contributed by atoms with Gasteiger partial charge < -0.3 is 15.0 Å². The number of anilines is 1. The second-order valence-electron chi connectivity index (χ2n) is 10.00. The van der Waals surface area contributed by atoms with E-state index in [1.54, 1.807) is 35.9 Å². The number of halogens is 3. The molecule has 2 unspecified atom stereocenters. The number of benzene rings is 2. The van der Waals surface area contributed by atoms with Gasteiger partial charge in [0.15, 0.2) is 0 Å². The number of rotatable bonds is 8. The van der Waals surface area contributed by atoms with E-state index in [2.05, 4.69) is 20.7 Å². The first kappa shape index (κ1) is 28.4. The molecule has 2 aromatic carbocycles. The first-order valence-corrected chi connectivity index (χ1v) is 13.2. The number of aryl methyl sites for hydroxylation is 1. The Labute approximate surface area is 239 Å². The lowest BCUT2D eigenvalue weighted by Gasteiger charge is -2.42. The van der Waals surface area contributed by atoms with E-state index in [4.69, 9.17) is 16.3 Å². The van der Waals surface area contributed by atoms with Gasteiger partial charge in [0.1, 0.15) is 17.3 Å². The molecular formula is C28H28ClF2N7O3. The Bertz CT molecular complexity index is 1670. The fraction of sp³-hybridized carbons (Fsp3) is 0.321. The lowest BCUT2D eigenvalue weighted by atomic mass is 9.84. The first-order chi connectivity index (χ1) is 19.5. The largest absolute Gasteiger partial charge is 0.372 e. The molecule has 0 bridgehead atoms. The van der Waals surface area contributed by atoms with Crippen LogP contribution in [0.4, 0.5) is 14.5 Å². The molecule has 41 heavy (non-hydrogen) atoms. The van der Waals surface area contributed by atoms with E-state index in [9.17, 15) is 18.4 Å². The van der Waals surface area contributed by atoms with Gasteiger partial charge in [0.2, 0.25) is 11.8 Å². The molecule has 214 valence electrons. The fourth-order valence-corrected chi connectivity index (χ4v) is 5.24. The van der Waals surface area contributed by atoms with Gasteiger partial charge in [-0.2, -0.15) is 5.10 Å². The number of amides is 2. The summed E-state index contributed by atoms with van der Waals surface area (Å²) in [6.07, 6.45) is 1.93. The third kappa shape index (κ3) is 5.44. The number of aromatic nitrogens is 5. The zero-order valence-corrected chi connectivity index (χ0v) is 23.6. The minimum Gasteiger partial charge on any atom is -0.372 e. The number of hydrogen-bond acceptors (Lipinski definition) is 6. The summed E-state index contributed by atoms with van der Waals surface area (Å²) < 4.78 is 35.3. The lowest BCUT2D eigenvalue weighted by molar-refractivity contribution is -0.139. The summed E-state index contributed by atoms with van der Waals surface area (Å²) in [6, 6.07) is 9.43. The number of methoxy groups -OCH3 is 1. The Morgan fingerprint density at radius 2 is 2.00 bits per heavy atom. The van der Waals surface area contributed by atoms with Crippen LogP contribution in [0.1, 0.15) is 38.0 Å². The normalized spacial score (nSPS) is 18.2. The van der Waals surface area contributed by atoms with Crippen molar-refractivity contribution in [2.45, 2.75) is 38.3 Å². The molecule has 10 nitrogen and oxygen atoms in total. The molecule has 13 heteroatoms. The lowest BCUT2D eigenvalue weighted by Crippen LogP contribution is -2.56. The van der Waals surface area contributed by atoms with Crippen LogP contribution in [0.3, 0.4) is 0 Å². The maximum atomic E-state index is 13.6. The van der Waals surface area contributed by atoms with E-state index in [1.807, 2.05) is 32.3 Å². The van der Waals surface area contributed by atoms with Crippen molar-refractivity contribution in [3.8, 4) is 5.69 Å². The standard InChI is InChI=1S/C28H28ClF2N7O3/c1-5-23(27(40)32-18-7-8-21-16(10-18)13-36(3)34-21)37-15-28(2,41-4)20(12-25(37)39)19-11-17(29)6-9-24(19)38-14-22(26(30)31)33-35-38/h6-14,23,26H,5,15H2,1-4H3,(H,32,40). The van der Waals surface area contributed by atoms with Gasteiger partial charge in [0, 0.05) is 53.7 Å². The van der Waals surface area contributed by atoms with E-state index in [0.717, 1.165) is 17.1 Å². The molecule has 1 N–H and O–H groups in total. The summed E-state index contributed by atoms with van der Waals surface area (Å²) in [5.74, 6) is -0.748. The van der Waals surface area contributed by atoms with Gasteiger partial charge >= 0.3 is 0 Å². The molecule has 0 aliphatic carbocycles. The smallest absolute Gasteiger partial charge is 0.283 e. The van der Waals surface area contributed by atoms with Crippen molar-refractivity contribution in [1.82, 2.24) is 29.7 Å². The highest BCUT2D eigenvalue weighted by atomic mass is 35.5. The number of hydrogen-bond donors (Lipinski definition) is 1. The Morgan fingerprint density at radius 3 is 2.68 bits per heavy atom. The number of alkyl halides is 2. The van der Waals surface area contributed by atoms with E-state index in [0.29, 0.717) is 34.0 Å². The molecule has 1 aliphatic rings. The van der Waals surface area contributed by atoms with E-state index in [1.165, 1.54) is 22.8 Å². The van der Waals surface area contributed by atoms with Crippen molar-refractivity contribution >= 4 is 45.6 Å². The summed E-state index contributed by atoms with van der Waals surface area (Å²) in [6.45, 7) is 3.66. The van der Waals surface area contributed by atoms with Crippen LogP contribution in [-0.2, 0) is 21.4 Å². The number of carbonyl (C=O) groups is 2. The van der Waals surface area contributed by atoms with Crippen LogP contribution in [0, 0.1) is 0 Å². The zero-order valence-electron chi connectivity index (χ0n) is 22.8. The highest BCUT2D eigenvalue weighted by molar-refractivity contribution is 6.30. The van der Waals surface area contributed by atoms with E-state index < -0.39 is 29.7 Å². The van der Waals surface area contributed by atoms with E-state index in [-0.39, 0.29) is 12.5 Å². The van der Waals surface area contributed by atoms with Crippen LogP contribution in [0.5, 0.6) is 0 Å². The fourth-order valence-electron chi connectivity index (χ4n) is 5.07. The average Bonchev–Trinajstić information content (AvgIpc) is 3.57. The summed E-state index contributed by atoms with van der Waals surface area (Å²) in [4.78, 5) is 28.5.